The zero-order valence-corrected chi connectivity index (χ0v) is 8.99. The number of nitrogens with zero attached hydrogens (tertiary/aromatic N) is 1. The summed E-state index contributed by atoms with van der Waals surface area (Å²) in [5.41, 5.74) is 4.31. The van der Waals surface area contributed by atoms with E-state index in [-0.39, 0.29) is 0 Å². The fraction of sp³-hybridized carbons (Fsp3) is 0.154. The topological polar surface area (TPSA) is 28.1 Å². The first-order valence-corrected chi connectivity index (χ1v) is 5.02. The lowest BCUT2D eigenvalue weighted by molar-refractivity contribution is 1.33. The van der Waals surface area contributed by atoms with E-state index in [2.05, 4.69) is 23.0 Å². The Labute approximate surface area is 89.7 Å². The maximum Gasteiger partial charge on any atom is 0.0662 e. The van der Waals surface area contributed by atoms with E-state index in [1.54, 1.807) is 0 Å². The van der Waals surface area contributed by atoms with Gasteiger partial charge in [0.25, 0.3) is 0 Å². The number of hydrogen-bond acceptors (Lipinski definition) is 1. The number of hydrogen-bond donors (Lipinski definition) is 1. The van der Waals surface area contributed by atoms with Crippen molar-refractivity contribution in [3.63, 3.8) is 0 Å². The normalized spacial score (nSPS) is 11.7. The Kier molecular flexibility index (Phi) is 2.68. The van der Waals surface area contributed by atoms with Gasteiger partial charge in [-0.3, -0.25) is 4.99 Å². The number of benzene rings is 1. The molecule has 1 aromatic heterocycles. The van der Waals surface area contributed by atoms with Gasteiger partial charge in [0.1, 0.15) is 0 Å². The van der Waals surface area contributed by atoms with Gasteiger partial charge < -0.3 is 4.98 Å². The largest absolute Gasteiger partial charge is 0.360 e. The molecule has 0 unspecified atom stereocenters. The molecule has 0 aliphatic carbocycles. The van der Waals surface area contributed by atoms with Crippen molar-refractivity contribution in [3.05, 3.63) is 53.9 Å². The Morgan fingerprint density at radius 3 is 2.60 bits per heavy atom. The van der Waals surface area contributed by atoms with Gasteiger partial charge in [0.15, 0.2) is 0 Å². The molecule has 76 valence electrons. The molecule has 0 amide bonds. The predicted octanol–water partition coefficient (Wildman–Crippen LogP) is 3.46. The quantitative estimate of drug-likeness (QED) is 0.716. The number of aryl methyl sites for hydroxylation is 1. The zero-order chi connectivity index (χ0) is 10.7. The van der Waals surface area contributed by atoms with Gasteiger partial charge in [0, 0.05) is 6.20 Å². The monoisotopic (exact) mass is 198 g/mol. The number of H-pyrrole nitrogens is 1. The van der Waals surface area contributed by atoms with Crippen molar-refractivity contribution in [2.45, 2.75) is 13.8 Å². The maximum absolute atomic E-state index is 4.59. The Balaban J connectivity index is 2.35. The highest BCUT2D eigenvalue weighted by Gasteiger charge is 1.99. The summed E-state index contributed by atoms with van der Waals surface area (Å²) >= 11 is 0. The van der Waals surface area contributed by atoms with Crippen molar-refractivity contribution in [1.82, 2.24) is 4.98 Å². The van der Waals surface area contributed by atoms with Crippen LogP contribution in [0.3, 0.4) is 0 Å². The molecule has 1 heterocycles. The molecule has 2 rings (SSSR count). The number of aliphatic imine (C=N–C) groups is 1. The lowest BCUT2D eigenvalue weighted by Crippen LogP contribution is -1.93. The van der Waals surface area contributed by atoms with Crippen LogP contribution < -0.4 is 0 Å². The van der Waals surface area contributed by atoms with E-state index >= 15 is 0 Å². The minimum Gasteiger partial charge on any atom is -0.360 e. The van der Waals surface area contributed by atoms with E-state index in [0.29, 0.717) is 0 Å². The summed E-state index contributed by atoms with van der Waals surface area (Å²) in [4.78, 5) is 7.73. The van der Waals surface area contributed by atoms with Crippen LogP contribution >= 0.6 is 0 Å². The molecule has 1 N–H and O–H groups in total. The van der Waals surface area contributed by atoms with Gasteiger partial charge in [-0.25, -0.2) is 0 Å². The van der Waals surface area contributed by atoms with Crippen LogP contribution in [0.4, 0.5) is 5.69 Å². The highest BCUT2D eigenvalue weighted by Crippen LogP contribution is 2.18. The molecule has 0 aliphatic heterocycles. The molecule has 2 nitrogen and oxygen atoms in total. The molecule has 0 radical (unpaired) electrons. The fourth-order valence-corrected chi connectivity index (χ4v) is 1.49. The molecule has 1 aromatic carbocycles. The minimum absolute atomic E-state index is 1.01. The van der Waals surface area contributed by atoms with Crippen molar-refractivity contribution in [2.24, 2.45) is 4.99 Å². The molecule has 0 fully saturated rings. The number of rotatable bonds is 2. The first-order chi connectivity index (χ1) is 7.27. The third kappa shape index (κ3) is 2.15. The standard InChI is InChI=1S/C13H14N2/c1-10-6-3-4-7-12(10)15-11(2)13-8-5-9-14-13/h3-9,14H,1-2H3. The minimum atomic E-state index is 1.01. The van der Waals surface area contributed by atoms with Crippen LogP contribution in [-0.2, 0) is 0 Å². The number of nitrogens with one attached hydrogen (secondary N) is 1. The summed E-state index contributed by atoms with van der Waals surface area (Å²) in [7, 11) is 0. The van der Waals surface area contributed by atoms with E-state index in [1.165, 1.54) is 5.56 Å². The summed E-state index contributed by atoms with van der Waals surface area (Å²) in [5.74, 6) is 0. The Morgan fingerprint density at radius 2 is 1.93 bits per heavy atom. The molecule has 0 saturated carbocycles. The van der Waals surface area contributed by atoms with Crippen LogP contribution in [-0.4, -0.2) is 10.7 Å². The second kappa shape index (κ2) is 4.13. The maximum atomic E-state index is 4.59. The van der Waals surface area contributed by atoms with Gasteiger partial charge in [-0.1, -0.05) is 18.2 Å². The Bertz CT molecular complexity index is 467. The van der Waals surface area contributed by atoms with Crippen LogP contribution in [0.15, 0.2) is 47.6 Å². The summed E-state index contributed by atoms with van der Waals surface area (Å²) in [6, 6.07) is 12.1. The molecule has 0 atom stereocenters. The summed E-state index contributed by atoms with van der Waals surface area (Å²) in [6.45, 7) is 4.08. The van der Waals surface area contributed by atoms with Crippen LogP contribution in [0, 0.1) is 6.92 Å². The molecular formula is C13H14N2. The van der Waals surface area contributed by atoms with Gasteiger partial charge in [-0.15, -0.1) is 0 Å². The number of para-hydroxylation sites is 1. The van der Waals surface area contributed by atoms with Gasteiger partial charge in [-0.05, 0) is 37.6 Å². The Hall–Kier alpha value is -1.83. The first-order valence-electron chi connectivity index (χ1n) is 5.02. The molecule has 0 saturated heterocycles. The van der Waals surface area contributed by atoms with Crippen molar-refractivity contribution in [3.8, 4) is 0 Å². The molecule has 0 spiro atoms. The molecule has 0 aliphatic rings. The van der Waals surface area contributed by atoms with Gasteiger partial charge >= 0.3 is 0 Å². The van der Waals surface area contributed by atoms with Crippen LogP contribution in [0.5, 0.6) is 0 Å². The van der Waals surface area contributed by atoms with Gasteiger partial charge in [0.05, 0.1) is 17.1 Å². The third-order valence-corrected chi connectivity index (χ3v) is 2.39. The lowest BCUT2D eigenvalue weighted by Gasteiger charge is -2.01. The van der Waals surface area contributed by atoms with E-state index < -0.39 is 0 Å². The van der Waals surface area contributed by atoms with Crippen molar-refractivity contribution in [2.75, 3.05) is 0 Å². The average Bonchev–Trinajstić information content (AvgIpc) is 2.74. The number of aromatic nitrogens is 1. The van der Waals surface area contributed by atoms with Crippen LogP contribution in [0.1, 0.15) is 18.2 Å². The summed E-state index contributed by atoms with van der Waals surface area (Å²) in [5, 5.41) is 0. The smallest absolute Gasteiger partial charge is 0.0662 e. The van der Waals surface area contributed by atoms with E-state index in [1.807, 2.05) is 43.5 Å². The second-order valence-electron chi connectivity index (χ2n) is 3.57. The summed E-state index contributed by atoms with van der Waals surface area (Å²) < 4.78 is 0. The van der Waals surface area contributed by atoms with Crippen molar-refractivity contribution < 1.29 is 0 Å². The van der Waals surface area contributed by atoms with Crippen molar-refractivity contribution in [1.29, 1.82) is 0 Å². The zero-order valence-electron chi connectivity index (χ0n) is 8.99. The van der Waals surface area contributed by atoms with E-state index in [9.17, 15) is 0 Å². The summed E-state index contributed by atoms with van der Waals surface area (Å²) in [6.07, 6.45) is 1.91. The molecular weight excluding hydrogens is 184 g/mol. The van der Waals surface area contributed by atoms with Gasteiger partial charge in [0.2, 0.25) is 0 Å². The fourth-order valence-electron chi connectivity index (χ4n) is 1.49. The van der Waals surface area contributed by atoms with Crippen molar-refractivity contribution >= 4 is 11.4 Å². The second-order valence-corrected chi connectivity index (χ2v) is 3.57. The predicted molar refractivity (Wildman–Crippen MR) is 63.8 cm³/mol. The van der Waals surface area contributed by atoms with Crippen LogP contribution in [0.25, 0.3) is 0 Å². The lowest BCUT2D eigenvalue weighted by atomic mass is 10.2. The first kappa shape index (κ1) is 9.71. The highest BCUT2D eigenvalue weighted by atomic mass is 14.8. The Morgan fingerprint density at radius 1 is 1.13 bits per heavy atom. The molecule has 15 heavy (non-hydrogen) atoms. The average molecular weight is 198 g/mol. The molecule has 2 heteroatoms. The number of aromatic amines is 1. The highest BCUT2D eigenvalue weighted by molar-refractivity contribution is 5.98. The van der Waals surface area contributed by atoms with Crippen LogP contribution in [0.2, 0.25) is 0 Å². The van der Waals surface area contributed by atoms with Gasteiger partial charge in [-0.2, -0.15) is 0 Å². The van der Waals surface area contributed by atoms with E-state index in [0.717, 1.165) is 17.1 Å². The third-order valence-electron chi connectivity index (χ3n) is 2.39. The molecule has 0 bridgehead atoms. The SMILES string of the molecule is CC(=Nc1ccccc1C)c1ccc[nH]1. The molecule has 2 aromatic rings. The van der Waals surface area contributed by atoms with E-state index in [4.69, 9.17) is 0 Å².